The minimum absolute atomic E-state index is 0.204. The van der Waals surface area contributed by atoms with Crippen LogP contribution in [-0.2, 0) is 0 Å². The average Bonchev–Trinajstić information content (AvgIpc) is 3.32. The van der Waals surface area contributed by atoms with Gasteiger partial charge in [0.25, 0.3) is 11.6 Å². The third-order valence-corrected chi connectivity index (χ3v) is 4.60. The number of fused-ring (bicyclic) bond motifs is 1. The monoisotopic (exact) mass is 381 g/mol. The Hall–Kier alpha value is -3.12. The molecule has 0 aliphatic carbocycles. The molecule has 3 heterocycles. The van der Waals surface area contributed by atoms with Gasteiger partial charge < -0.3 is 14.3 Å². The standard InChI is InChI=1S/C20H16ClN3O3/c1-11(13-5-7-14(21)8-6-13)22-19(25)15-10-16(17-4-3-9-26-17)23-20-18(15)12(2)24-27-20/h3-11H,1-2H3,(H,22,25). The first-order valence-corrected chi connectivity index (χ1v) is 8.78. The van der Waals surface area contributed by atoms with Gasteiger partial charge >= 0.3 is 0 Å². The topological polar surface area (TPSA) is 81.2 Å². The maximum Gasteiger partial charge on any atom is 0.259 e. The second-order valence-corrected chi connectivity index (χ2v) is 6.66. The van der Waals surface area contributed by atoms with Crippen molar-refractivity contribution in [1.29, 1.82) is 0 Å². The predicted octanol–water partition coefficient (Wildman–Crippen LogP) is 4.94. The first-order valence-electron chi connectivity index (χ1n) is 8.40. The number of nitrogens with zero attached hydrogens (tertiary/aromatic N) is 2. The van der Waals surface area contributed by atoms with Crippen molar-refractivity contribution < 1.29 is 13.7 Å². The highest BCUT2D eigenvalue weighted by Gasteiger charge is 2.21. The fourth-order valence-corrected chi connectivity index (χ4v) is 3.06. The second kappa shape index (κ2) is 6.89. The molecule has 0 saturated carbocycles. The molecule has 3 aromatic heterocycles. The van der Waals surface area contributed by atoms with Gasteiger partial charge in [-0.25, -0.2) is 4.98 Å². The zero-order valence-electron chi connectivity index (χ0n) is 14.7. The molecule has 0 bridgehead atoms. The number of nitrogens with one attached hydrogen (secondary N) is 1. The van der Waals surface area contributed by atoms with Crippen molar-refractivity contribution in [2.24, 2.45) is 0 Å². The van der Waals surface area contributed by atoms with Crippen molar-refractivity contribution >= 4 is 28.6 Å². The van der Waals surface area contributed by atoms with Crippen LogP contribution in [0.3, 0.4) is 0 Å². The van der Waals surface area contributed by atoms with Crippen LogP contribution in [0.2, 0.25) is 5.02 Å². The summed E-state index contributed by atoms with van der Waals surface area (Å²) in [5.41, 5.74) is 2.80. The molecular formula is C20H16ClN3O3. The van der Waals surface area contributed by atoms with E-state index in [1.807, 2.05) is 19.1 Å². The summed E-state index contributed by atoms with van der Waals surface area (Å²) < 4.78 is 10.7. The lowest BCUT2D eigenvalue weighted by Gasteiger charge is -2.15. The summed E-state index contributed by atoms with van der Waals surface area (Å²) in [7, 11) is 0. The molecule has 0 radical (unpaired) electrons. The summed E-state index contributed by atoms with van der Waals surface area (Å²) in [5, 5.41) is 8.19. The lowest BCUT2D eigenvalue weighted by Crippen LogP contribution is -2.27. The van der Waals surface area contributed by atoms with Crippen molar-refractivity contribution in [2.45, 2.75) is 19.9 Å². The second-order valence-electron chi connectivity index (χ2n) is 6.23. The van der Waals surface area contributed by atoms with Gasteiger partial charge in [0.1, 0.15) is 5.69 Å². The molecule has 6 nitrogen and oxygen atoms in total. The number of benzene rings is 1. The zero-order chi connectivity index (χ0) is 19.0. The molecule has 0 spiro atoms. The highest BCUT2D eigenvalue weighted by Crippen LogP contribution is 2.28. The minimum Gasteiger partial charge on any atom is -0.463 e. The number of hydrogen-bond acceptors (Lipinski definition) is 5. The first-order chi connectivity index (χ1) is 13.0. The maximum atomic E-state index is 13.0. The molecule has 4 aromatic rings. The molecule has 0 saturated heterocycles. The van der Waals surface area contributed by atoms with Crippen LogP contribution >= 0.6 is 11.6 Å². The van der Waals surface area contributed by atoms with Crippen LogP contribution in [0.5, 0.6) is 0 Å². The van der Waals surface area contributed by atoms with E-state index in [2.05, 4.69) is 15.5 Å². The number of pyridine rings is 1. The van der Waals surface area contributed by atoms with Crippen molar-refractivity contribution in [1.82, 2.24) is 15.5 Å². The third-order valence-electron chi connectivity index (χ3n) is 4.35. The summed E-state index contributed by atoms with van der Waals surface area (Å²) in [4.78, 5) is 17.4. The summed E-state index contributed by atoms with van der Waals surface area (Å²) in [5.74, 6) is 0.301. The molecule has 0 aliphatic rings. The van der Waals surface area contributed by atoms with Crippen LogP contribution in [0.1, 0.15) is 34.6 Å². The Bertz CT molecular complexity index is 1100. The normalized spacial score (nSPS) is 12.3. The van der Waals surface area contributed by atoms with Gasteiger partial charge in [-0.2, -0.15) is 0 Å². The molecular weight excluding hydrogens is 366 g/mol. The van der Waals surface area contributed by atoms with Gasteiger partial charge in [0, 0.05) is 5.02 Å². The van der Waals surface area contributed by atoms with Crippen LogP contribution in [0, 0.1) is 6.92 Å². The van der Waals surface area contributed by atoms with E-state index >= 15 is 0 Å². The molecule has 4 rings (SSSR count). The van der Waals surface area contributed by atoms with Crippen molar-refractivity contribution in [3.05, 3.63) is 70.6 Å². The maximum absolute atomic E-state index is 13.0. The van der Waals surface area contributed by atoms with Gasteiger partial charge in [-0.15, -0.1) is 0 Å². The summed E-state index contributed by atoms with van der Waals surface area (Å²) >= 11 is 5.93. The quantitative estimate of drug-likeness (QED) is 0.541. The lowest BCUT2D eigenvalue weighted by atomic mass is 10.1. The van der Waals surface area contributed by atoms with E-state index in [0.29, 0.717) is 38.8 Å². The number of aromatic nitrogens is 2. The minimum atomic E-state index is -0.246. The Morgan fingerprint density at radius 1 is 1.22 bits per heavy atom. The van der Waals surface area contributed by atoms with Gasteiger partial charge in [0.2, 0.25) is 0 Å². The fraction of sp³-hybridized carbons (Fsp3) is 0.150. The van der Waals surface area contributed by atoms with Crippen LogP contribution in [0.15, 0.2) is 57.7 Å². The highest BCUT2D eigenvalue weighted by atomic mass is 35.5. The molecule has 7 heteroatoms. The Morgan fingerprint density at radius 3 is 2.70 bits per heavy atom. The molecule has 136 valence electrons. The zero-order valence-corrected chi connectivity index (χ0v) is 15.4. The van der Waals surface area contributed by atoms with Gasteiger partial charge in [0.05, 0.1) is 28.9 Å². The summed E-state index contributed by atoms with van der Waals surface area (Å²) in [6.45, 7) is 3.69. The Morgan fingerprint density at radius 2 is 2.00 bits per heavy atom. The predicted molar refractivity (Wildman–Crippen MR) is 102 cm³/mol. The molecule has 27 heavy (non-hydrogen) atoms. The van der Waals surface area contributed by atoms with Gasteiger partial charge in [-0.05, 0) is 49.7 Å². The smallest absolute Gasteiger partial charge is 0.259 e. The summed E-state index contributed by atoms with van der Waals surface area (Å²) in [6, 6.07) is 12.4. The summed E-state index contributed by atoms with van der Waals surface area (Å²) in [6.07, 6.45) is 1.55. The van der Waals surface area contributed by atoms with E-state index < -0.39 is 0 Å². The molecule has 1 unspecified atom stereocenters. The molecule has 0 fully saturated rings. The van der Waals surface area contributed by atoms with Crippen LogP contribution < -0.4 is 5.32 Å². The van der Waals surface area contributed by atoms with Crippen molar-refractivity contribution in [2.75, 3.05) is 0 Å². The van der Waals surface area contributed by atoms with E-state index in [0.717, 1.165) is 5.56 Å². The van der Waals surface area contributed by atoms with E-state index in [1.165, 1.54) is 0 Å². The number of furan rings is 1. The molecule has 1 aromatic carbocycles. The SMILES string of the molecule is Cc1noc2nc(-c3ccco3)cc(C(=O)NC(C)c3ccc(Cl)cc3)c12. The number of rotatable bonds is 4. The average molecular weight is 382 g/mol. The van der Waals surface area contributed by atoms with Gasteiger partial charge in [-0.1, -0.05) is 28.9 Å². The van der Waals surface area contributed by atoms with E-state index in [4.69, 9.17) is 20.5 Å². The molecule has 1 atom stereocenters. The van der Waals surface area contributed by atoms with Crippen LogP contribution in [-0.4, -0.2) is 16.0 Å². The van der Waals surface area contributed by atoms with Crippen molar-refractivity contribution in [3.63, 3.8) is 0 Å². The highest BCUT2D eigenvalue weighted by molar-refractivity contribution is 6.30. The number of carbonyl (C=O) groups excluding carboxylic acids is 1. The fourth-order valence-electron chi connectivity index (χ4n) is 2.93. The van der Waals surface area contributed by atoms with Crippen LogP contribution in [0.4, 0.5) is 0 Å². The largest absolute Gasteiger partial charge is 0.463 e. The van der Waals surface area contributed by atoms with E-state index in [1.54, 1.807) is 43.5 Å². The number of hydrogen-bond donors (Lipinski definition) is 1. The Kier molecular flexibility index (Phi) is 4.41. The van der Waals surface area contributed by atoms with Gasteiger partial charge in [-0.3, -0.25) is 4.79 Å². The molecule has 1 N–H and O–H groups in total. The number of amides is 1. The van der Waals surface area contributed by atoms with E-state index in [9.17, 15) is 4.79 Å². The Balaban J connectivity index is 1.72. The molecule has 0 aliphatic heterocycles. The number of carbonyl (C=O) groups is 1. The van der Waals surface area contributed by atoms with Gasteiger partial charge in [0.15, 0.2) is 5.76 Å². The number of aryl methyl sites for hydroxylation is 1. The Labute approximate surface area is 160 Å². The van der Waals surface area contributed by atoms with E-state index in [-0.39, 0.29) is 11.9 Å². The third kappa shape index (κ3) is 3.31. The van der Waals surface area contributed by atoms with Crippen molar-refractivity contribution in [3.8, 4) is 11.5 Å². The first kappa shape index (κ1) is 17.3. The van der Waals surface area contributed by atoms with Crippen LogP contribution in [0.25, 0.3) is 22.6 Å². The molecule has 1 amide bonds. The lowest BCUT2D eigenvalue weighted by molar-refractivity contribution is 0.0941. The number of halogens is 1.